The minimum absolute atomic E-state index is 0.0231. The number of nitrogens with zero attached hydrogens (tertiary/aromatic N) is 1. The normalized spacial score (nSPS) is 20.4. The van der Waals surface area contributed by atoms with Crippen LogP contribution < -0.4 is 5.73 Å². The number of thiazole rings is 1. The SMILES string of the molecule is C1=CCC(c2nccs2)OC1.CCOC(CBr)OCC.NC(=S)C1CC=CCO1. The van der Waals surface area contributed by atoms with Gasteiger partial charge in [-0.1, -0.05) is 52.5 Å². The smallest absolute Gasteiger partial charge is 0.167 e. The van der Waals surface area contributed by atoms with Crippen LogP contribution in [0.1, 0.15) is 37.8 Å². The third kappa shape index (κ3) is 11.9. The summed E-state index contributed by atoms with van der Waals surface area (Å²) < 4.78 is 21.0. The molecule has 2 aliphatic heterocycles. The number of hydrogen-bond donors (Lipinski definition) is 1. The van der Waals surface area contributed by atoms with Gasteiger partial charge in [-0.05, 0) is 26.7 Å². The van der Waals surface area contributed by atoms with Crippen LogP contribution in [-0.4, -0.2) is 54.1 Å². The van der Waals surface area contributed by atoms with Gasteiger partial charge in [-0.25, -0.2) is 4.98 Å². The van der Waals surface area contributed by atoms with Crippen LogP contribution in [0.3, 0.4) is 0 Å². The van der Waals surface area contributed by atoms with E-state index in [0.717, 1.165) is 29.8 Å². The lowest BCUT2D eigenvalue weighted by atomic mass is 10.2. The lowest BCUT2D eigenvalue weighted by Gasteiger charge is -2.16. The second-order valence-electron chi connectivity index (χ2n) is 5.83. The van der Waals surface area contributed by atoms with E-state index in [9.17, 15) is 0 Å². The molecule has 164 valence electrons. The molecule has 6 nitrogen and oxygen atoms in total. The van der Waals surface area contributed by atoms with E-state index < -0.39 is 0 Å². The Kier molecular flexibility index (Phi) is 15.5. The first-order valence-electron chi connectivity index (χ1n) is 9.63. The van der Waals surface area contributed by atoms with Crippen molar-refractivity contribution in [3.8, 4) is 0 Å². The molecule has 1 aromatic heterocycles. The molecule has 0 fully saturated rings. The minimum atomic E-state index is -0.0694. The first-order chi connectivity index (χ1) is 14.1. The Hall–Kier alpha value is -0.680. The van der Waals surface area contributed by atoms with Gasteiger partial charge in [0, 0.05) is 24.8 Å². The molecule has 2 atom stereocenters. The van der Waals surface area contributed by atoms with Crippen molar-refractivity contribution in [2.75, 3.05) is 31.8 Å². The van der Waals surface area contributed by atoms with E-state index in [1.807, 2.05) is 43.7 Å². The summed E-state index contributed by atoms with van der Waals surface area (Å²) >= 11 is 9.66. The molecule has 2 N–H and O–H groups in total. The average molecular weight is 508 g/mol. The summed E-state index contributed by atoms with van der Waals surface area (Å²) in [5, 5.41) is 3.82. The highest BCUT2D eigenvalue weighted by Crippen LogP contribution is 2.25. The fourth-order valence-electron chi connectivity index (χ4n) is 2.33. The van der Waals surface area contributed by atoms with Crippen molar-refractivity contribution in [2.45, 2.75) is 45.2 Å². The number of thiocarbonyl (C=S) groups is 1. The number of aromatic nitrogens is 1. The van der Waals surface area contributed by atoms with Crippen LogP contribution in [0.2, 0.25) is 0 Å². The Morgan fingerprint density at radius 1 is 1.21 bits per heavy atom. The van der Waals surface area contributed by atoms with Crippen molar-refractivity contribution in [1.82, 2.24) is 4.98 Å². The number of nitrogens with two attached hydrogens (primary N) is 1. The zero-order valence-corrected chi connectivity index (χ0v) is 20.2. The second kappa shape index (κ2) is 17.0. The molecule has 3 heterocycles. The quantitative estimate of drug-likeness (QED) is 0.251. The Bertz CT molecular complexity index is 593. The Morgan fingerprint density at radius 3 is 2.24 bits per heavy atom. The van der Waals surface area contributed by atoms with E-state index in [-0.39, 0.29) is 18.5 Å². The standard InChI is InChI=1S/C8H9NOS.C6H13BrO2.C6H9NOS/c1-2-5-10-7(3-1)8-9-4-6-11-8;1-3-8-6(5-7)9-4-2;7-6(9)5-3-1-2-4-8-5/h1-2,4,6-7H,3,5H2;6H,3-5H2,1-2H3;1-2,5H,3-4H2,(H2,7,9). The highest BCUT2D eigenvalue weighted by atomic mass is 79.9. The van der Waals surface area contributed by atoms with E-state index in [0.29, 0.717) is 24.8 Å². The molecule has 2 unspecified atom stereocenters. The lowest BCUT2D eigenvalue weighted by molar-refractivity contribution is -0.119. The molecule has 0 radical (unpaired) electrons. The maximum Gasteiger partial charge on any atom is 0.167 e. The van der Waals surface area contributed by atoms with Crippen molar-refractivity contribution < 1.29 is 18.9 Å². The fourth-order valence-corrected chi connectivity index (χ4v) is 3.57. The van der Waals surface area contributed by atoms with Gasteiger partial charge in [-0.3, -0.25) is 0 Å². The number of halogens is 1. The third-order valence-electron chi connectivity index (χ3n) is 3.70. The lowest BCUT2D eigenvalue weighted by Crippen LogP contribution is -2.30. The average Bonchev–Trinajstić information content (AvgIpc) is 3.31. The van der Waals surface area contributed by atoms with Gasteiger partial charge in [-0.2, -0.15) is 0 Å². The predicted octanol–water partition coefficient (Wildman–Crippen LogP) is 4.56. The zero-order valence-electron chi connectivity index (χ0n) is 17.0. The third-order valence-corrected chi connectivity index (χ3v) is 5.36. The van der Waals surface area contributed by atoms with E-state index in [1.165, 1.54) is 0 Å². The maximum absolute atomic E-state index is 5.48. The molecule has 2 aliphatic rings. The predicted molar refractivity (Wildman–Crippen MR) is 126 cm³/mol. The highest BCUT2D eigenvalue weighted by Gasteiger charge is 2.14. The van der Waals surface area contributed by atoms with Gasteiger partial charge in [-0.15, -0.1) is 11.3 Å². The molecule has 0 saturated heterocycles. The summed E-state index contributed by atoms with van der Waals surface area (Å²) in [6.07, 6.45) is 11.9. The van der Waals surface area contributed by atoms with Gasteiger partial charge >= 0.3 is 0 Å². The molecule has 0 spiro atoms. The maximum atomic E-state index is 5.48. The van der Waals surface area contributed by atoms with Crippen molar-refractivity contribution in [1.29, 1.82) is 0 Å². The molecule has 0 bridgehead atoms. The first kappa shape index (κ1) is 26.4. The Labute approximate surface area is 191 Å². The molecule has 1 aromatic rings. The molecule has 3 rings (SSSR count). The molecule has 0 aliphatic carbocycles. The fraction of sp³-hybridized carbons (Fsp3) is 0.600. The van der Waals surface area contributed by atoms with Crippen molar-refractivity contribution in [3.63, 3.8) is 0 Å². The summed E-state index contributed by atoms with van der Waals surface area (Å²) in [6, 6.07) is 0. The van der Waals surface area contributed by atoms with Crippen LogP contribution in [0.15, 0.2) is 35.9 Å². The summed E-state index contributed by atoms with van der Waals surface area (Å²) in [7, 11) is 0. The van der Waals surface area contributed by atoms with E-state index in [2.05, 4.69) is 27.0 Å². The van der Waals surface area contributed by atoms with Crippen LogP contribution in [0.4, 0.5) is 0 Å². The van der Waals surface area contributed by atoms with Crippen LogP contribution in [0, 0.1) is 0 Å². The topological polar surface area (TPSA) is 75.8 Å². The Balaban J connectivity index is 0.000000220. The zero-order chi connectivity index (χ0) is 21.3. The van der Waals surface area contributed by atoms with E-state index >= 15 is 0 Å². The summed E-state index contributed by atoms with van der Waals surface area (Å²) in [5.41, 5.74) is 5.34. The van der Waals surface area contributed by atoms with Gasteiger partial charge < -0.3 is 24.7 Å². The number of alkyl halides is 1. The van der Waals surface area contributed by atoms with Crippen LogP contribution in [-0.2, 0) is 18.9 Å². The molecule has 0 saturated carbocycles. The van der Waals surface area contributed by atoms with Gasteiger partial charge in [0.2, 0.25) is 0 Å². The number of ether oxygens (including phenoxy) is 4. The number of hydrogen-bond acceptors (Lipinski definition) is 7. The van der Waals surface area contributed by atoms with Crippen LogP contribution in [0.5, 0.6) is 0 Å². The van der Waals surface area contributed by atoms with Crippen molar-refractivity contribution in [2.24, 2.45) is 5.73 Å². The highest BCUT2D eigenvalue weighted by molar-refractivity contribution is 9.09. The molecular formula is C20H31BrN2O4S2. The summed E-state index contributed by atoms with van der Waals surface area (Å²) in [4.78, 5) is 4.66. The monoisotopic (exact) mass is 506 g/mol. The second-order valence-corrected chi connectivity index (χ2v) is 7.87. The Morgan fingerprint density at radius 2 is 1.86 bits per heavy atom. The van der Waals surface area contributed by atoms with Crippen molar-refractivity contribution >= 4 is 44.5 Å². The summed E-state index contributed by atoms with van der Waals surface area (Å²) in [5.74, 6) is 0. The van der Waals surface area contributed by atoms with Gasteiger partial charge in [0.1, 0.15) is 22.2 Å². The van der Waals surface area contributed by atoms with Gasteiger partial charge in [0.05, 0.1) is 18.5 Å². The molecule has 9 heteroatoms. The van der Waals surface area contributed by atoms with Gasteiger partial charge in [0.15, 0.2) is 6.29 Å². The molecule has 0 amide bonds. The van der Waals surface area contributed by atoms with Crippen LogP contribution >= 0.6 is 39.5 Å². The minimum Gasteiger partial charge on any atom is -0.391 e. The number of rotatable bonds is 7. The first-order valence-corrected chi connectivity index (χ1v) is 12.0. The van der Waals surface area contributed by atoms with Crippen LogP contribution in [0.25, 0.3) is 0 Å². The largest absolute Gasteiger partial charge is 0.391 e. The van der Waals surface area contributed by atoms with E-state index in [4.69, 9.17) is 36.9 Å². The molecule has 0 aromatic carbocycles. The van der Waals surface area contributed by atoms with Crippen molar-refractivity contribution in [3.05, 3.63) is 40.9 Å². The van der Waals surface area contributed by atoms with Gasteiger partial charge in [0.25, 0.3) is 0 Å². The van der Waals surface area contributed by atoms with E-state index in [1.54, 1.807) is 11.3 Å². The molecule has 29 heavy (non-hydrogen) atoms. The molecular weight excluding hydrogens is 476 g/mol. The summed E-state index contributed by atoms with van der Waals surface area (Å²) in [6.45, 7) is 6.68.